The maximum atomic E-state index is 12.2. The molecule has 4 N–H and O–H groups in total. The fraction of sp³-hybridized carbons (Fsp3) is 0.538. The number of carbonyl (C=O) groups is 2. The number of aliphatic hydroxyl groups is 3. The van der Waals surface area contributed by atoms with Gasteiger partial charge in [-0.15, -0.1) is 0 Å². The first-order chi connectivity index (χ1) is 15.8. The van der Waals surface area contributed by atoms with Crippen molar-refractivity contribution >= 4 is 11.9 Å². The number of hydrogen-bond donors (Lipinski definition) is 4. The van der Waals surface area contributed by atoms with E-state index in [1.165, 1.54) is 24.0 Å². The Labute approximate surface area is 200 Å². The fourth-order valence-corrected chi connectivity index (χ4v) is 4.16. The predicted octanol–water partition coefficient (Wildman–Crippen LogP) is 2.95. The molecule has 0 bridgehead atoms. The number of aliphatic carboxylic acids is 1. The summed E-state index contributed by atoms with van der Waals surface area (Å²) in [5.74, 6) is -2.44. The van der Waals surface area contributed by atoms with Gasteiger partial charge in [-0.3, -0.25) is 0 Å². The van der Waals surface area contributed by atoms with E-state index in [4.69, 9.17) is 14.6 Å². The average molecular weight is 477 g/mol. The summed E-state index contributed by atoms with van der Waals surface area (Å²) in [4.78, 5) is 23.3. The van der Waals surface area contributed by atoms with Crippen LogP contribution in [-0.2, 0) is 19.1 Å². The number of esters is 1. The maximum absolute atomic E-state index is 12.2. The molecule has 1 aliphatic heterocycles. The smallest absolute Gasteiger partial charge is 0.335 e. The van der Waals surface area contributed by atoms with Crippen molar-refractivity contribution in [2.45, 2.75) is 84.6 Å². The molecule has 0 unspecified atom stereocenters. The van der Waals surface area contributed by atoms with E-state index in [2.05, 4.69) is 32.9 Å². The van der Waals surface area contributed by atoms with Crippen molar-refractivity contribution in [3.63, 3.8) is 0 Å². The quantitative estimate of drug-likeness (QED) is 0.250. The normalized spacial score (nSPS) is 30.8. The number of rotatable bonds is 7. The highest BCUT2D eigenvalue weighted by atomic mass is 16.7. The average Bonchev–Trinajstić information content (AvgIpc) is 2.73. The first kappa shape index (κ1) is 27.7. The molecule has 5 atom stereocenters. The lowest BCUT2D eigenvalue weighted by Gasteiger charge is -2.37. The van der Waals surface area contributed by atoms with Crippen LogP contribution < -0.4 is 0 Å². The summed E-state index contributed by atoms with van der Waals surface area (Å²) in [6, 6.07) is 0. The second-order valence-electron chi connectivity index (χ2n) is 9.59. The first-order valence-electron chi connectivity index (χ1n) is 11.4. The van der Waals surface area contributed by atoms with Crippen LogP contribution in [0.5, 0.6) is 0 Å². The van der Waals surface area contributed by atoms with Gasteiger partial charge >= 0.3 is 11.9 Å². The molecule has 1 saturated heterocycles. The predicted molar refractivity (Wildman–Crippen MR) is 127 cm³/mol. The van der Waals surface area contributed by atoms with Crippen LogP contribution in [0.1, 0.15) is 53.9 Å². The number of hydrogen-bond acceptors (Lipinski definition) is 7. The molecular formula is C26H36O8. The molecule has 188 valence electrons. The zero-order valence-corrected chi connectivity index (χ0v) is 20.4. The van der Waals surface area contributed by atoms with Crippen molar-refractivity contribution in [2.24, 2.45) is 5.41 Å². The van der Waals surface area contributed by atoms with Gasteiger partial charge in [0.05, 0.1) is 0 Å². The van der Waals surface area contributed by atoms with Crippen molar-refractivity contribution in [2.75, 3.05) is 0 Å². The van der Waals surface area contributed by atoms with Crippen LogP contribution in [-0.4, -0.2) is 63.1 Å². The minimum absolute atomic E-state index is 0.170. The van der Waals surface area contributed by atoms with Crippen LogP contribution in [0.3, 0.4) is 0 Å². The maximum Gasteiger partial charge on any atom is 0.335 e. The monoisotopic (exact) mass is 476 g/mol. The van der Waals surface area contributed by atoms with Gasteiger partial charge in [0, 0.05) is 6.08 Å². The topological polar surface area (TPSA) is 134 Å². The van der Waals surface area contributed by atoms with Gasteiger partial charge in [-0.1, -0.05) is 55.4 Å². The Morgan fingerprint density at radius 1 is 1.06 bits per heavy atom. The summed E-state index contributed by atoms with van der Waals surface area (Å²) in [5, 5.41) is 38.5. The molecule has 2 aliphatic rings. The Kier molecular flexibility index (Phi) is 9.58. The Morgan fingerprint density at radius 3 is 2.35 bits per heavy atom. The summed E-state index contributed by atoms with van der Waals surface area (Å²) < 4.78 is 9.88. The molecule has 1 fully saturated rings. The molecule has 2 rings (SSSR count). The summed E-state index contributed by atoms with van der Waals surface area (Å²) >= 11 is 0. The third-order valence-corrected chi connectivity index (χ3v) is 6.16. The Bertz CT molecular complexity index is 921. The van der Waals surface area contributed by atoms with E-state index >= 15 is 0 Å². The van der Waals surface area contributed by atoms with Crippen molar-refractivity contribution < 1.29 is 39.5 Å². The van der Waals surface area contributed by atoms with Crippen molar-refractivity contribution in [1.29, 1.82) is 0 Å². The molecule has 0 saturated carbocycles. The lowest BCUT2D eigenvalue weighted by Crippen LogP contribution is -2.60. The Balaban J connectivity index is 1.98. The van der Waals surface area contributed by atoms with Crippen molar-refractivity contribution in [3.05, 3.63) is 58.7 Å². The molecule has 0 radical (unpaired) electrons. The minimum Gasteiger partial charge on any atom is -0.479 e. The minimum atomic E-state index is -1.85. The molecule has 0 aromatic heterocycles. The van der Waals surface area contributed by atoms with Crippen LogP contribution >= 0.6 is 0 Å². The number of aliphatic hydroxyl groups excluding tert-OH is 3. The molecular weight excluding hydrogens is 440 g/mol. The van der Waals surface area contributed by atoms with E-state index in [-0.39, 0.29) is 5.41 Å². The summed E-state index contributed by atoms with van der Waals surface area (Å²) in [7, 11) is 0. The van der Waals surface area contributed by atoms with E-state index in [0.717, 1.165) is 18.1 Å². The molecule has 34 heavy (non-hydrogen) atoms. The lowest BCUT2D eigenvalue weighted by atomic mass is 9.72. The number of ether oxygens (including phenoxy) is 2. The standard InChI is InChI=1S/C26H36O8/c1-15(11-12-18-17(3)10-7-13-26(18,4)5)8-6-9-16(2)14-19(27)33-25-22(30)20(28)21(29)23(34-25)24(31)32/h6,8-9,11-12,14,20-23,25,28-30H,7,10,13H2,1-5H3,(H,31,32)/b9-6+,12-11+,15-8+,16-14-/t20-,21-,22+,23-,25+/m0/s1. The van der Waals surface area contributed by atoms with Crippen molar-refractivity contribution in [1.82, 2.24) is 0 Å². The fourth-order valence-electron chi connectivity index (χ4n) is 4.16. The largest absolute Gasteiger partial charge is 0.479 e. The number of carboxylic acid groups (broad SMARTS) is 1. The molecule has 0 aromatic carbocycles. The summed E-state index contributed by atoms with van der Waals surface area (Å²) in [6.45, 7) is 10.4. The lowest BCUT2D eigenvalue weighted by molar-refractivity contribution is -0.284. The molecule has 1 aliphatic carbocycles. The SMILES string of the molecule is CC1=C(/C=C/C(C)=C/C=C/C(C)=C\C(=O)O[C@@H]2O[C@H](C(=O)O)[C@@H](O)[C@H](O)[C@H]2O)C(C)(C)CCC1. The van der Waals surface area contributed by atoms with E-state index in [1.54, 1.807) is 19.1 Å². The molecule has 0 spiro atoms. The Morgan fingerprint density at radius 2 is 1.74 bits per heavy atom. The zero-order chi connectivity index (χ0) is 25.6. The molecule has 0 aromatic rings. The highest BCUT2D eigenvalue weighted by Gasteiger charge is 2.48. The molecule has 8 nitrogen and oxygen atoms in total. The second kappa shape index (κ2) is 11.8. The third kappa shape index (κ3) is 7.24. The van der Waals surface area contributed by atoms with Gasteiger partial charge in [0.2, 0.25) is 6.29 Å². The van der Waals surface area contributed by atoms with Gasteiger partial charge in [-0.2, -0.15) is 0 Å². The van der Waals surface area contributed by atoms with E-state index in [0.29, 0.717) is 5.57 Å². The highest BCUT2D eigenvalue weighted by molar-refractivity contribution is 5.83. The van der Waals surface area contributed by atoms with Gasteiger partial charge in [0.1, 0.15) is 18.3 Å². The first-order valence-corrected chi connectivity index (χ1v) is 11.4. The van der Waals surface area contributed by atoms with Crippen LogP contribution in [0.25, 0.3) is 0 Å². The summed E-state index contributed by atoms with van der Waals surface area (Å²) in [5.41, 5.74) is 4.56. The van der Waals surface area contributed by atoms with Gasteiger partial charge in [-0.25, -0.2) is 9.59 Å². The Hall–Kier alpha value is -2.52. The molecule has 1 heterocycles. The van der Waals surface area contributed by atoms with Crippen LogP contribution in [0.4, 0.5) is 0 Å². The second-order valence-corrected chi connectivity index (χ2v) is 9.59. The van der Waals surface area contributed by atoms with Gasteiger partial charge < -0.3 is 29.9 Å². The van der Waals surface area contributed by atoms with E-state index < -0.39 is 42.6 Å². The molecule has 8 heteroatoms. The number of allylic oxidation sites excluding steroid dienone is 9. The van der Waals surface area contributed by atoms with E-state index in [1.807, 2.05) is 13.0 Å². The van der Waals surface area contributed by atoms with Gasteiger partial charge in [0.25, 0.3) is 0 Å². The summed E-state index contributed by atoms with van der Waals surface area (Å²) in [6.07, 6.45) is 5.29. The number of carbonyl (C=O) groups excluding carboxylic acids is 1. The van der Waals surface area contributed by atoms with Crippen LogP contribution in [0.2, 0.25) is 0 Å². The number of carboxylic acids is 1. The van der Waals surface area contributed by atoms with Gasteiger partial charge in [-0.05, 0) is 56.6 Å². The highest BCUT2D eigenvalue weighted by Crippen LogP contribution is 2.40. The third-order valence-electron chi connectivity index (χ3n) is 6.16. The van der Waals surface area contributed by atoms with Gasteiger partial charge in [0.15, 0.2) is 6.10 Å². The van der Waals surface area contributed by atoms with E-state index in [9.17, 15) is 24.9 Å². The van der Waals surface area contributed by atoms with Crippen molar-refractivity contribution in [3.8, 4) is 0 Å². The van der Waals surface area contributed by atoms with Crippen LogP contribution in [0, 0.1) is 5.41 Å². The molecule has 0 amide bonds. The zero-order valence-electron chi connectivity index (χ0n) is 20.4. The van der Waals surface area contributed by atoms with Crippen LogP contribution in [0.15, 0.2) is 58.7 Å².